The Morgan fingerprint density at radius 2 is 1.75 bits per heavy atom. The number of nitrogens with two attached hydrogens (primary N) is 1. The van der Waals surface area contributed by atoms with Gasteiger partial charge in [0.15, 0.2) is 0 Å². The molecule has 3 unspecified atom stereocenters. The van der Waals surface area contributed by atoms with Crippen LogP contribution in [0.3, 0.4) is 0 Å². The van der Waals surface area contributed by atoms with Crippen molar-refractivity contribution < 1.29 is 0 Å². The van der Waals surface area contributed by atoms with E-state index in [4.69, 9.17) is 5.73 Å². The first kappa shape index (κ1) is 12.5. The predicted octanol–water partition coefficient (Wildman–Crippen LogP) is 3.76. The standard InChI is InChI=1S/C18H19NS/c19-16(10-14-9-12-5-1-3-7-15(12)14)18-11-13-6-2-4-8-17(13)20-18/h1-8,14,16,18H,9-11,19H2. The molecule has 20 heavy (non-hydrogen) atoms. The van der Waals surface area contributed by atoms with Crippen LogP contribution in [0.4, 0.5) is 0 Å². The molecule has 0 radical (unpaired) electrons. The van der Waals surface area contributed by atoms with Gasteiger partial charge >= 0.3 is 0 Å². The van der Waals surface area contributed by atoms with Crippen molar-refractivity contribution in [1.82, 2.24) is 0 Å². The maximum absolute atomic E-state index is 6.51. The molecular weight excluding hydrogens is 262 g/mol. The van der Waals surface area contributed by atoms with E-state index in [0.717, 1.165) is 12.8 Å². The smallest absolute Gasteiger partial charge is 0.0287 e. The molecule has 2 aromatic rings. The van der Waals surface area contributed by atoms with Gasteiger partial charge in [0, 0.05) is 16.2 Å². The number of thioether (sulfide) groups is 1. The lowest BCUT2D eigenvalue weighted by Gasteiger charge is -2.33. The van der Waals surface area contributed by atoms with Crippen molar-refractivity contribution in [3.8, 4) is 0 Å². The molecule has 0 fully saturated rings. The summed E-state index contributed by atoms with van der Waals surface area (Å²) >= 11 is 1.98. The van der Waals surface area contributed by atoms with Crippen molar-refractivity contribution in [1.29, 1.82) is 0 Å². The first-order valence-corrected chi connectivity index (χ1v) is 8.27. The third-order valence-electron chi connectivity index (χ3n) is 4.67. The summed E-state index contributed by atoms with van der Waals surface area (Å²) < 4.78 is 0. The number of benzene rings is 2. The minimum atomic E-state index is 0.297. The SMILES string of the molecule is NC(CC1Cc2ccccc21)C1Cc2ccccc2S1. The molecule has 1 aliphatic carbocycles. The highest BCUT2D eigenvalue weighted by Crippen LogP contribution is 2.42. The molecule has 1 heterocycles. The van der Waals surface area contributed by atoms with Crippen molar-refractivity contribution in [3.63, 3.8) is 0 Å². The van der Waals surface area contributed by atoms with Crippen LogP contribution in [0.15, 0.2) is 53.4 Å². The van der Waals surface area contributed by atoms with Crippen LogP contribution in [0.1, 0.15) is 29.0 Å². The zero-order chi connectivity index (χ0) is 13.5. The quantitative estimate of drug-likeness (QED) is 0.927. The lowest BCUT2D eigenvalue weighted by atomic mass is 9.74. The summed E-state index contributed by atoms with van der Waals surface area (Å²) in [7, 11) is 0. The highest BCUT2D eigenvalue weighted by atomic mass is 32.2. The van der Waals surface area contributed by atoms with Crippen molar-refractivity contribution in [2.75, 3.05) is 0 Å². The molecule has 0 spiro atoms. The van der Waals surface area contributed by atoms with Gasteiger partial charge in [-0.25, -0.2) is 0 Å². The molecule has 0 aromatic heterocycles. The molecule has 2 N–H and O–H groups in total. The van der Waals surface area contributed by atoms with Crippen molar-refractivity contribution >= 4 is 11.8 Å². The van der Waals surface area contributed by atoms with Crippen LogP contribution >= 0.6 is 11.8 Å². The fourth-order valence-electron chi connectivity index (χ4n) is 3.50. The van der Waals surface area contributed by atoms with E-state index in [-0.39, 0.29) is 0 Å². The summed E-state index contributed by atoms with van der Waals surface area (Å²) in [6, 6.07) is 17.8. The van der Waals surface area contributed by atoms with Gasteiger partial charge in [-0.3, -0.25) is 0 Å². The van der Waals surface area contributed by atoms with E-state index in [1.54, 1.807) is 0 Å². The summed E-state index contributed by atoms with van der Waals surface area (Å²) in [5, 5.41) is 0.556. The van der Waals surface area contributed by atoms with Crippen LogP contribution in [0, 0.1) is 0 Å². The summed E-state index contributed by atoms with van der Waals surface area (Å²) in [6.07, 6.45) is 3.48. The summed E-state index contributed by atoms with van der Waals surface area (Å²) in [6.45, 7) is 0. The molecule has 2 aromatic carbocycles. The highest BCUT2D eigenvalue weighted by molar-refractivity contribution is 8.00. The second-order valence-corrected chi connectivity index (χ2v) is 7.25. The zero-order valence-corrected chi connectivity index (χ0v) is 12.3. The lowest BCUT2D eigenvalue weighted by Crippen LogP contribution is -2.36. The fraction of sp³-hybridized carbons (Fsp3) is 0.333. The molecule has 2 heteroatoms. The number of hydrogen-bond acceptors (Lipinski definition) is 2. The number of fused-ring (bicyclic) bond motifs is 2. The Morgan fingerprint density at radius 1 is 1.00 bits per heavy atom. The Labute approximate surface area is 124 Å². The van der Waals surface area contributed by atoms with Gasteiger partial charge in [-0.15, -0.1) is 11.8 Å². The van der Waals surface area contributed by atoms with E-state index < -0.39 is 0 Å². The minimum absolute atomic E-state index is 0.297. The molecule has 1 aliphatic heterocycles. The van der Waals surface area contributed by atoms with E-state index in [1.165, 1.54) is 28.0 Å². The highest BCUT2D eigenvalue weighted by Gasteiger charge is 2.32. The number of hydrogen-bond donors (Lipinski definition) is 1. The Balaban J connectivity index is 1.42. The van der Waals surface area contributed by atoms with Gasteiger partial charge in [0.2, 0.25) is 0 Å². The maximum Gasteiger partial charge on any atom is 0.0287 e. The van der Waals surface area contributed by atoms with E-state index in [0.29, 0.717) is 17.2 Å². The first-order valence-electron chi connectivity index (χ1n) is 7.39. The first-order chi connectivity index (χ1) is 9.81. The Hall–Kier alpha value is -1.25. The third-order valence-corrected chi connectivity index (χ3v) is 6.14. The molecule has 3 atom stereocenters. The molecule has 102 valence electrons. The maximum atomic E-state index is 6.51. The van der Waals surface area contributed by atoms with Crippen LogP contribution < -0.4 is 5.73 Å². The van der Waals surface area contributed by atoms with Gasteiger partial charge < -0.3 is 5.73 Å². The summed E-state index contributed by atoms with van der Waals surface area (Å²) in [5.74, 6) is 0.686. The Kier molecular flexibility index (Phi) is 3.08. The Bertz CT molecular complexity index is 612. The summed E-state index contributed by atoms with van der Waals surface area (Å²) in [4.78, 5) is 1.43. The lowest BCUT2D eigenvalue weighted by molar-refractivity contribution is 0.476. The van der Waals surface area contributed by atoms with Gasteiger partial charge in [0.05, 0.1) is 0 Å². The molecule has 0 bridgehead atoms. The number of rotatable bonds is 3. The van der Waals surface area contributed by atoms with Crippen molar-refractivity contribution in [2.24, 2.45) is 5.73 Å². The average molecular weight is 281 g/mol. The molecule has 2 aliphatic rings. The molecule has 0 amide bonds. The second kappa shape index (κ2) is 4.94. The monoisotopic (exact) mass is 281 g/mol. The van der Waals surface area contributed by atoms with Crippen LogP contribution in [0.25, 0.3) is 0 Å². The average Bonchev–Trinajstić information content (AvgIpc) is 2.88. The largest absolute Gasteiger partial charge is 0.327 e. The second-order valence-electron chi connectivity index (χ2n) is 5.97. The predicted molar refractivity (Wildman–Crippen MR) is 85.3 cm³/mol. The Morgan fingerprint density at radius 3 is 2.55 bits per heavy atom. The van der Waals surface area contributed by atoms with Crippen LogP contribution in [-0.2, 0) is 12.8 Å². The zero-order valence-electron chi connectivity index (χ0n) is 11.5. The van der Waals surface area contributed by atoms with Crippen LogP contribution in [-0.4, -0.2) is 11.3 Å². The van der Waals surface area contributed by atoms with Crippen LogP contribution in [0.5, 0.6) is 0 Å². The van der Waals surface area contributed by atoms with Gasteiger partial charge in [0.1, 0.15) is 0 Å². The van der Waals surface area contributed by atoms with E-state index in [9.17, 15) is 0 Å². The van der Waals surface area contributed by atoms with Crippen molar-refractivity contribution in [3.05, 3.63) is 65.2 Å². The van der Waals surface area contributed by atoms with E-state index in [1.807, 2.05) is 11.8 Å². The molecule has 0 saturated carbocycles. The van der Waals surface area contributed by atoms with Crippen molar-refractivity contribution in [2.45, 2.75) is 41.4 Å². The summed E-state index contributed by atoms with van der Waals surface area (Å²) in [5.41, 5.74) is 11.0. The minimum Gasteiger partial charge on any atom is -0.327 e. The van der Waals surface area contributed by atoms with Gasteiger partial charge in [-0.05, 0) is 47.9 Å². The van der Waals surface area contributed by atoms with Gasteiger partial charge in [0.25, 0.3) is 0 Å². The molecule has 1 nitrogen and oxygen atoms in total. The van der Waals surface area contributed by atoms with Gasteiger partial charge in [-0.1, -0.05) is 42.5 Å². The normalized spacial score (nSPS) is 24.6. The third kappa shape index (κ3) is 2.07. The topological polar surface area (TPSA) is 26.0 Å². The fourth-order valence-corrected chi connectivity index (χ4v) is 4.84. The molecular formula is C18H19NS. The molecule has 4 rings (SSSR count). The van der Waals surface area contributed by atoms with Gasteiger partial charge in [-0.2, -0.15) is 0 Å². The van der Waals surface area contributed by atoms with E-state index >= 15 is 0 Å². The molecule has 0 saturated heterocycles. The van der Waals surface area contributed by atoms with Crippen LogP contribution in [0.2, 0.25) is 0 Å². The van der Waals surface area contributed by atoms with E-state index in [2.05, 4.69) is 48.5 Å².